The zero-order valence-corrected chi connectivity index (χ0v) is 10.6. The number of rotatable bonds is 6. The van der Waals surface area contributed by atoms with Crippen LogP contribution in [0.3, 0.4) is 0 Å². The summed E-state index contributed by atoms with van der Waals surface area (Å²) in [7, 11) is 0. The number of hydrogen-bond acceptors (Lipinski definition) is 3. The number of thioether (sulfide) groups is 1. The van der Waals surface area contributed by atoms with Gasteiger partial charge in [0.15, 0.2) is 5.16 Å². The second-order valence-corrected chi connectivity index (χ2v) is 5.47. The first-order valence-electron chi connectivity index (χ1n) is 6.31. The lowest BCUT2D eigenvalue weighted by Crippen LogP contribution is -2.31. The van der Waals surface area contributed by atoms with Crippen LogP contribution in [0.1, 0.15) is 38.5 Å². The van der Waals surface area contributed by atoms with E-state index in [1.54, 1.807) is 0 Å². The second kappa shape index (κ2) is 6.97. The third-order valence-electron chi connectivity index (χ3n) is 3.07. The Balaban J connectivity index is 1.48. The topological polar surface area (TPSA) is 40.7 Å². The Morgan fingerprint density at radius 1 is 1.38 bits per heavy atom. The molecule has 1 aromatic rings. The van der Waals surface area contributed by atoms with Crippen LogP contribution in [0.4, 0.5) is 0 Å². The van der Waals surface area contributed by atoms with Gasteiger partial charge in [0.25, 0.3) is 0 Å². The Bertz CT molecular complexity index is 268. The molecule has 1 aliphatic carbocycles. The predicted octanol–water partition coefficient (Wildman–Crippen LogP) is 2.81. The van der Waals surface area contributed by atoms with E-state index in [4.69, 9.17) is 0 Å². The molecule has 1 aromatic heterocycles. The minimum Gasteiger partial charge on any atom is -0.340 e. The summed E-state index contributed by atoms with van der Waals surface area (Å²) >= 11 is 1.81. The van der Waals surface area contributed by atoms with Gasteiger partial charge in [-0.3, -0.25) is 0 Å². The fourth-order valence-electron chi connectivity index (χ4n) is 2.18. The van der Waals surface area contributed by atoms with Gasteiger partial charge in [-0.25, -0.2) is 4.98 Å². The Labute approximate surface area is 102 Å². The van der Waals surface area contributed by atoms with Crippen LogP contribution in [0, 0.1) is 0 Å². The molecular formula is C12H21N3S. The molecule has 1 heterocycles. The van der Waals surface area contributed by atoms with Gasteiger partial charge in [0.2, 0.25) is 0 Å². The molecule has 1 saturated carbocycles. The van der Waals surface area contributed by atoms with Crippen LogP contribution in [0.25, 0.3) is 0 Å². The Morgan fingerprint density at radius 3 is 3.00 bits per heavy atom. The first kappa shape index (κ1) is 12.0. The van der Waals surface area contributed by atoms with Crippen molar-refractivity contribution in [2.45, 2.75) is 49.7 Å². The lowest BCUT2D eigenvalue weighted by atomic mass is 9.95. The van der Waals surface area contributed by atoms with Gasteiger partial charge >= 0.3 is 0 Å². The summed E-state index contributed by atoms with van der Waals surface area (Å²) in [4.78, 5) is 7.30. The Hall–Kier alpha value is -0.480. The van der Waals surface area contributed by atoms with E-state index in [1.165, 1.54) is 38.5 Å². The number of imidazole rings is 1. The van der Waals surface area contributed by atoms with Crippen molar-refractivity contribution in [3.63, 3.8) is 0 Å². The van der Waals surface area contributed by atoms with Crippen LogP contribution in [-0.2, 0) is 0 Å². The summed E-state index contributed by atoms with van der Waals surface area (Å²) in [5.41, 5.74) is 0. The van der Waals surface area contributed by atoms with Crippen LogP contribution < -0.4 is 5.32 Å². The van der Waals surface area contributed by atoms with Crippen molar-refractivity contribution in [3.8, 4) is 0 Å². The molecule has 3 nitrogen and oxygen atoms in total. The highest BCUT2D eigenvalue weighted by molar-refractivity contribution is 7.99. The molecule has 0 aliphatic heterocycles. The van der Waals surface area contributed by atoms with Gasteiger partial charge in [-0.1, -0.05) is 31.0 Å². The van der Waals surface area contributed by atoms with E-state index >= 15 is 0 Å². The first-order chi connectivity index (χ1) is 7.95. The molecule has 1 aliphatic rings. The summed E-state index contributed by atoms with van der Waals surface area (Å²) in [6.07, 6.45) is 11.9. The predicted molar refractivity (Wildman–Crippen MR) is 68.8 cm³/mol. The Kier molecular flexibility index (Phi) is 5.22. The quantitative estimate of drug-likeness (QED) is 0.592. The molecule has 0 unspecified atom stereocenters. The van der Waals surface area contributed by atoms with Gasteiger partial charge in [0.05, 0.1) is 0 Å². The SMILES string of the molecule is c1c[nH]c(SCCCNC2CCCCC2)n1. The van der Waals surface area contributed by atoms with Crippen LogP contribution in [0.15, 0.2) is 17.6 Å². The average Bonchev–Trinajstić information content (AvgIpc) is 2.83. The molecule has 4 heteroatoms. The molecule has 2 rings (SSSR count). The summed E-state index contributed by atoms with van der Waals surface area (Å²) in [6.45, 7) is 1.15. The van der Waals surface area contributed by atoms with Crippen LogP contribution in [0.5, 0.6) is 0 Å². The van der Waals surface area contributed by atoms with Gasteiger partial charge in [-0.15, -0.1) is 0 Å². The van der Waals surface area contributed by atoms with Crippen molar-refractivity contribution >= 4 is 11.8 Å². The molecule has 0 atom stereocenters. The molecule has 2 N–H and O–H groups in total. The summed E-state index contributed by atoms with van der Waals surface area (Å²) in [6, 6.07) is 0.794. The molecular weight excluding hydrogens is 218 g/mol. The lowest BCUT2D eigenvalue weighted by molar-refractivity contribution is 0.375. The minimum atomic E-state index is 0.794. The van der Waals surface area contributed by atoms with E-state index in [1.807, 2.05) is 24.2 Å². The highest BCUT2D eigenvalue weighted by atomic mass is 32.2. The van der Waals surface area contributed by atoms with E-state index in [9.17, 15) is 0 Å². The molecule has 0 saturated heterocycles. The third kappa shape index (κ3) is 4.18. The van der Waals surface area contributed by atoms with Crippen molar-refractivity contribution < 1.29 is 0 Å². The van der Waals surface area contributed by atoms with Gasteiger partial charge in [-0.2, -0.15) is 0 Å². The van der Waals surface area contributed by atoms with E-state index in [-0.39, 0.29) is 0 Å². The highest BCUT2D eigenvalue weighted by Gasteiger charge is 2.11. The summed E-state index contributed by atoms with van der Waals surface area (Å²) in [5, 5.41) is 4.70. The van der Waals surface area contributed by atoms with Crippen molar-refractivity contribution in [1.29, 1.82) is 0 Å². The fourth-order valence-corrected chi connectivity index (χ4v) is 2.95. The molecule has 0 radical (unpaired) electrons. The molecule has 0 bridgehead atoms. The summed E-state index contributed by atoms with van der Waals surface area (Å²) < 4.78 is 0. The molecule has 0 amide bonds. The molecule has 0 spiro atoms. The smallest absolute Gasteiger partial charge is 0.165 e. The van der Waals surface area contributed by atoms with Gasteiger partial charge in [0, 0.05) is 24.2 Å². The molecule has 16 heavy (non-hydrogen) atoms. The standard InChI is InChI=1S/C12H21N3S/c1-2-5-11(6-3-1)13-7-4-10-16-12-14-8-9-15-12/h8-9,11,13H,1-7,10H2,(H,14,15). The van der Waals surface area contributed by atoms with Crippen LogP contribution in [-0.4, -0.2) is 28.3 Å². The number of nitrogens with zero attached hydrogens (tertiary/aromatic N) is 1. The summed E-state index contributed by atoms with van der Waals surface area (Å²) in [5.74, 6) is 1.15. The van der Waals surface area contributed by atoms with Gasteiger partial charge in [-0.05, 0) is 25.8 Å². The average molecular weight is 239 g/mol. The minimum absolute atomic E-state index is 0.794. The molecule has 90 valence electrons. The number of aromatic amines is 1. The molecule has 0 aromatic carbocycles. The second-order valence-electron chi connectivity index (χ2n) is 4.39. The van der Waals surface area contributed by atoms with Crippen molar-refractivity contribution in [2.24, 2.45) is 0 Å². The number of aromatic nitrogens is 2. The largest absolute Gasteiger partial charge is 0.340 e. The highest BCUT2D eigenvalue weighted by Crippen LogP contribution is 2.17. The van der Waals surface area contributed by atoms with Crippen molar-refractivity contribution in [2.75, 3.05) is 12.3 Å². The zero-order valence-electron chi connectivity index (χ0n) is 9.74. The van der Waals surface area contributed by atoms with Gasteiger partial charge in [0.1, 0.15) is 0 Å². The van der Waals surface area contributed by atoms with Crippen LogP contribution >= 0.6 is 11.8 Å². The number of H-pyrrole nitrogens is 1. The van der Waals surface area contributed by atoms with E-state index in [0.29, 0.717) is 0 Å². The normalized spacial score (nSPS) is 17.8. The monoisotopic (exact) mass is 239 g/mol. The first-order valence-corrected chi connectivity index (χ1v) is 7.29. The maximum Gasteiger partial charge on any atom is 0.165 e. The van der Waals surface area contributed by atoms with Gasteiger partial charge < -0.3 is 10.3 Å². The van der Waals surface area contributed by atoms with Crippen molar-refractivity contribution in [3.05, 3.63) is 12.4 Å². The molecule has 1 fully saturated rings. The van der Waals surface area contributed by atoms with E-state index in [2.05, 4.69) is 15.3 Å². The van der Waals surface area contributed by atoms with Crippen molar-refractivity contribution in [1.82, 2.24) is 15.3 Å². The lowest BCUT2D eigenvalue weighted by Gasteiger charge is -2.22. The Morgan fingerprint density at radius 2 is 2.25 bits per heavy atom. The van der Waals surface area contributed by atoms with E-state index in [0.717, 1.165) is 23.5 Å². The number of hydrogen-bond donors (Lipinski definition) is 2. The maximum absolute atomic E-state index is 4.19. The van der Waals surface area contributed by atoms with E-state index < -0.39 is 0 Å². The zero-order chi connectivity index (χ0) is 11.1. The maximum atomic E-state index is 4.19. The number of nitrogens with one attached hydrogen (secondary N) is 2. The fraction of sp³-hybridized carbons (Fsp3) is 0.750. The van der Waals surface area contributed by atoms with Crippen LogP contribution in [0.2, 0.25) is 0 Å². The third-order valence-corrected chi connectivity index (χ3v) is 4.06.